The molecule has 3 aromatic rings. The highest BCUT2D eigenvalue weighted by molar-refractivity contribution is 5.96. The van der Waals surface area contributed by atoms with Gasteiger partial charge in [0, 0.05) is 63.1 Å². The second-order valence-electron chi connectivity index (χ2n) is 9.34. The number of anilines is 1. The van der Waals surface area contributed by atoms with Crippen molar-refractivity contribution in [1.82, 2.24) is 24.8 Å². The van der Waals surface area contributed by atoms with Crippen LogP contribution in [-0.2, 0) is 4.74 Å². The van der Waals surface area contributed by atoms with E-state index in [-0.39, 0.29) is 5.82 Å². The topological polar surface area (TPSA) is 86.5 Å². The first-order chi connectivity index (χ1) is 17.6. The molecule has 190 valence electrons. The van der Waals surface area contributed by atoms with Gasteiger partial charge in [-0.25, -0.2) is 9.37 Å². The molecule has 8 nitrogen and oxygen atoms in total. The number of ether oxygens (including phenoxy) is 1. The second kappa shape index (κ2) is 11.2. The van der Waals surface area contributed by atoms with Gasteiger partial charge in [0.15, 0.2) is 5.82 Å². The van der Waals surface area contributed by atoms with Crippen molar-refractivity contribution >= 4 is 34.6 Å². The van der Waals surface area contributed by atoms with Crippen molar-refractivity contribution in [2.45, 2.75) is 6.42 Å². The Bertz CT molecular complexity index is 1310. The Morgan fingerprint density at radius 1 is 1.11 bits per heavy atom. The molecule has 3 aromatic heterocycles. The van der Waals surface area contributed by atoms with Gasteiger partial charge in [-0.15, -0.1) is 0 Å². The first kappa shape index (κ1) is 24.4. The molecule has 5 heterocycles. The van der Waals surface area contributed by atoms with Crippen LogP contribution in [0.25, 0.3) is 28.9 Å². The number of morpholine rings is 1. The lowest BCUT2D eigenvalue weighted by Gasteiger charge is -2.37. The minimum Gasteiger partial charge on any atom is -0.403 e. The van der Waals surface area contributed by atoms with Gasteiger partial charge in [-0.3, -0.25) is 14.8 Å². The predicted molar refractivity (Wildman–Crippen MR) is 142 cm³/mol. The van der Waals surface area contributed by atoms with Gasteiger partial charge in [-0.2, -0.15) is 0 Å². The lowest BCUT2D eigenvalue weighted by atomic mass is 10.1. The highest BCUT2D eigenvalue weighted by Gasteiger charge is 2.23. The van der Waals surface area contributed by atoms with Gasteiger partial charge in [-0.05, 0) is 42.8 Å². The standard InChI is InChI=1S/C27H34FN7O/c1-20(21-4-2-5-30-18-21)16-22-24(17-29)32-27-25(22)26(23(28)19-31-27)35-10-8-33(9-11-35)6-3-7-34-12-14-36-15-13-34/h2,4-5,16-19H,1,3,6-15,29H2,(H,31,32)/b22-16+,24-17+. The van der Waals surface area contributed by atoms with E-state index in [2.05, 4.69) is 36.2 Å². The maximum absolute atomic E-state index is 15.3. The number of fused-ring (bicyclic) bond motifs is 1. The van der Waals surface area contributed by atoms with Crippen LogP contribution in [0.3, 0.4) is 0 Å². The molecule has 3 N–H and O–H groups in total. The molecular formula is C27H34FN7O. The quantitative estimate of drug-likeness (QED) is 0.513. The molecule has 2 fully saturated rings. The Labute approximate surface area is 210 Å². The molecule has 5 rings (SSSR count). The number of piperazine rings is 1. The Morgan fingerprint density at radius 2 is 1.86 bits per heavy atom. The molecule has 2 aliphatic rings. The minimum absolute atomic E-state index is 0.326. The van der Waals surface area contributed by atoms with E-state index in [1.807, 2.05) is 18.2 Å². The number of nitrogens with zero attached hydrogens (tertiary/aromatic N) is 5. The van der Waals surface area contributed by atoms with Gasteiger partial charge in [0.1, 0.15) is 5.65 Å². The summed E-state index contributed by atoms with van der Waals surface area (Å²) in [5, 5.41) is 2.21. The number of pyridine rings is 2. The minimum atomic E-state index is -0.326. The molecule has 0 spiro atoms. The average molecular weight is 492 g/mol. The largest absolute Gasteiger partial charge is 0.403 e. The zero-order chi connectivity index (χ0) is 24.9. The van der Waals surface area contributed by atoms with Crippen LogP contribution >= 0.6 is 0 Å². The summed E-state index contributed by atoms with van der Waals surface area (Å²) in [5.41, 5.74) is 8.79. The highest BCUT2D eigenvalue weighted by atomic mass is 19.1. The summed E-state index contributed by atoms with van der Waals surface area (Å²) in [6.45, 7) is 13.4. The summed E-state index contributed by atoms with van der Waals surface area (Å²) in [6.07, 6.45) is 9.35. The number of hydrogen-bond donors (Lipinski definition) is 2. The summed E-state index contributed by atoms with van der Waals surface area (Å²) in [6, 6.07) is 3.82. The summed E-state index contributed by atoms with van der Waals surface area (Å²) in [4.78, 5) is 18.8. The molecule has 0 bridgehead atoms. The molecular weight excluding hydrogens is 457 g/mol. The van der Waals surface area contributed by atoms with Crippen LogP contribution in [-0.4, -0.2) is 90.3 Å². The summed E-state index contributed by atoms with van der Waals surface area (Å²) >= 11 is 0. The molecule has 0 saturated carbocycles. The van der Waals surface area contributed by atoms with E-state index in [4.69, 9.17) is 10.5 Å². The number of aromatic amines is 1. The number of nitrogens with one attached hydrogen (secondary N) is 1. The van der Waals surface area contributed by atoms with Crippen molar-refractivity contribution in [1.29, 1.82) is 0 Å². The Kier molecular flexibility index (Phi) is 7.60. The van der Waals surface area contributed by atoms with Gasteiger partial charge in [0.05, 0.1) is 35.8 Å². The smallest absolute Gasteiger partial charge is 0.165 e. The van der Waals surface area contributed by atoms with Crippen LogP contribution in [0.5, 0.6) is 0 Å². The third-order valence-electron chi connectivity index (χ3n) is 7.08. The van der Waals surface area contributed by atoms with Crippen molar-refractivity contribution in [2.24, 2.45) is 5.73 Å². The monoisotopic (exact) mass is 491 g/mol. The first-order valence-corrected chi connectivity index (χ1v) is 12.6. The van der Waals surface area contributed by atoms with E-state index in [0.29, 0.717) is 16.7 Å². The van der Waals surface area contributed by atoms with Crippen LogP contribution in [0.15, 0.2) is 37.3 Å². The van der Waals surface area contributed by atoms with Crippen molar-refractivity contribution in [2.75, 3.05) is 70.5 Å². The number of hydrogen-bond acceptors (Lipinski definition) is 7. The summed E-state index contributed by atoms with van der Waals surface area (Å²) < 4.78 is 20.8. The summed E-state index contributed by atoms with van der Waals surface area (Å²) in [5.74, 6) is -0.326. The van der Waals surface area contributed by atoms with Crippen molar-refractivity contribution in [3.63, 3.8) is 0 Å². The normalized spacial score (nSPS) is 18.9. The van der Waals surface area contributed by atoms with Crippen LogP contribution in [0, 0.1) is 5.82 Å². The molecule has 0 atom stereocenters. The number of aromatic nitrogens is 3. The number of rotatable bonds is 7. The molecule has 0 radical (unpaired) electrons. The zero-order valence-electron chi connectivity index (χ0n) is 20.6. The third-order valence-corrected chi connectivity index (χ3v) is 7.08. The number of H-pyrrole nitrogens is 1. The van der Waals surface area contributed by atoms with Crippen LogP contribution in [0.2, 0.25) is 0 Å². The second-order valence-corrected chi connectivity index (χ2v) is 9.34. The maximum Gasteiger partial charge on any atom is 0.165 e. The Hall–Kier alpha value is -3.27. The Balaban J connectivity index is 1.36. The first-order valence-electron chi connectivity index (χ1n) is 12.6. The van der Waals surface area contributed by atoms with E-state index in [9.17, 15) is 0 Å². The lowest BCUT2D eigenvalue weighted by molar-refractivity contribution is 0.0360. The molecule has 0 amide bonds. The number of nitrogens with two attached hydrogens (primary N) is 1. The molecule has 0 aromatic carbocycles. The van der Waals surface area contributed by atoms with Crippen molar-refractivity contribution in [3.05, 3.63) is 59.3 Å². The predicted octanol–water partition coefficient (Wildman–Crippen LogP) is 1.13. The van der Waals surface area contributed by atoms with Crippen LogP contribution in [0.1, 0.15) is 12.0 Å². The third kappa shape index (κ3) is 5.28. The SMILES string of the molecule is C=C(/C=c1\c(=C/N)[nH]c2ncc(F)c(N3CCN(CCCN4CCOCC4)CC3)c12)c1cccnc1. The maximum atomic E-state index is 15.3. The van der Waals surface area contributed by atoms with Gasteiger partial charge in [0.25, 0.3) is 0 Å². The fourth-order valence-electron chi connectivity index (χ4n) is 5.10. The van der Waals surface area contributed by atoms with Gasteiger partial charge < -0.3 is 20.4 Å². The van der Waals surface area contributed by atoms with Crippen LogP contribution < -0.4 is 21.2 Å². The molecule has 2 saturated heterocycles. The van der Waals surface area contributed by atoms with Gasteiger partial charge in [0.2, 0.25) is 0 Å². The fourth-order valence-corrected chi connectivity index (χ4v) is 5.10. The Morgan fingerprint density at radius 3 is 2.56 bits per heavy atom. The van der Waals surface area contributed by atoms with E-state index in [1.165, 1.54) is 12.4 Å². The zero-order valence-corrected chi connectivity index (χ0v) is 20.6. The van der Waals surface area contributed by atoms with Gasteiger partial charge >= 0.3 is 0 Å². The number of halogens is 1. The van der Waals surface area contributed by atoms with E-state index in [1.54, 1.807) is 12.4 Å². The molecule has 2 aliphatic heterocycles. The highest BCUT2D eigenvalue weighted by Crippen LogP contribution is 2.27. The number of allylic oxidation sites excluding steroid dienone is 1. The van der Waals surface area contributed by atoms with Gasteiger partial charge in [-0.1, -0.05) is 12.6 Å². The van der Waals surface area contributed by atoms with E-state index < -0.39 is 0 Å². The molecule has 36 heavy (non-hydrogen) atoms. The van der Waals surface area contributed by atoms with Crippen molar-refractivity contribution < 1.29 is 9.13 Å². The van der Waals surface area contributed by atoms with Crippen LogP contribution in [0.4, 0.5) is 10.1 Å². The van der Waals surface area contributed by atoms with E-state index in [0.717, 1.165) is 93.7 Å². The summed E-state index contributed by atoms with van der Waals surface area (Å²) in [7, 11) is 0. The lowest BCUT2D eigenvalue weighted by Crippen LogP contribution is -2.47. The average Bonchev–Trinajstić information content (AvgIpc) is 3.27. The fraction of sp³-hybridized carbons (Fsp3) is 0.407. The molecule has 9 heteroatoms. The molecule has 0 aliphatic carbocycles. The van der Waals surface area contributed by atoms with Crippen molar-refractivity contribution in [3.8, 4) is 0 Å². The van der Waals surface area contributed by atoms with E-state index >= 15 is 4.39 Å². The molecule has 0 unspecified atom stereocenters.